The van der Waals surface area contributed by atoms with Crippen LogP contribution < -0.4 is 5.32 Å². The van der Waals surface area contributed by atoms with Gasteiger partial charge in [0, 0.05) is 11.6 Å². The lowest BCUT2D eigenvalue weighted by atomic mass is 9.86. The van der Waals surface area contributed by atoms with Gasteiger partial charge in [0.25, 0.3) is 0 Å². The number of nitrogens with zero attached hydrogens (tertiary/aromatic N) is 1. The normalized spacial score (nSPS) is 19.1. The highest BCUT2D eigenvalue weighted by Gasteiger charge is 2.36. The van der Waals surface area contributed by atoms with Crippen LogP contribution in [0.1, 0.15) is 43.9 Å². The minimum atomic E-state index is 0.166. The van der Waals surface area contributed by atoms with E-state index >= 15 is 0 Å². The molecule has 1 saturated heterocycles. The second-order valence-electron chi connectivity index (χ2n) is 5.98. The molecule has 100 valence electrons. The van der Waals surface area contributed by atoms with Crippen LogP contribution in [0.2, 0.25) is 0 Å². The predicted octanol–water partition coefficient (Wildman–Crippen LogP) is 3.13. The van der Waals surface area contributed by atoms with E-state index in [4.69, 9.17) is 0 Å². The highest BCUT2D eigenvalue weighted by Crippen LogP contribution is 2.33. The average molecular weight is 246 g/mol. The second kappa shape index (κ2) is 5.41. The summed E-state index contributed by atoms with van der Waals surface area (Å²) in [7, 11) is 2.07. The van der Waals surface area contributed by atoms with Gasteiger partial charge in [-0.2, -0.15) is 0 Å². The van der Waals surface area contributed by atoms with Gasteiger partial charge in [0.05, 0.1) is 0 Å². The fraction of sp³-hybridized carbons (Fsp3) is 0.625. The first-order chi connectivity index (χ1) is 8.55. The fourth-order valence-electron chi connectivity index (χ4n) is 3.25. The third kappa shape index (κ3) is 2.60. The van der Waals surface area contributed by atoms with E-state index in [2.05, 4.69) is 62.3 Å². The summed E-state index contributed by atoms with van der Waals surface area (Å²) < 4.78 is 0. The minimum Gasteiger partial charge on any atom is -0.311 e. The number of likely N-dealkylation sites (N-methyl/N-ethyl adjacent to an activating group) is 1. The number of benzene rings is 1. The monoisotopic (exact) mass is 246 g/mol. The Morgan fingerprint density at radius 1 is 1.22 bits per heavy atom. The maximum atomic E-state index is 3.52. The summed E-state index contributed by atoms with van der Waals surface area (Å²) in [6.07, 6.45) is 2.68. The zero-order chi connectivity index (χ0) is 13.2. The molecule has 1 N–H and O–H groups in total. The van der Waals surface area contributed by atoms with Crippen molar-refractivity contribution >= 4 is 0 Å². The fourth-order valence-corrected chi connectivity index (χ4v) is 3.25. The summed E-state index contributed by atoms with van der Waals surface area (Å²) in [6, 6.07) is 9.26. The predicted molar refractivity (Wildman–Crippen MR) is 77.9 cm³/mol. The van der Waals surface area contributed by atoms with E-state index in [1.165, 1.54) is 37.1 Å². The van der Waals surface area contributed by atoms with Gasteiger partial charge in [-0.15, -0.1) is 0 Å². The Bertz CT molecular complexity index is 392. The zero-order valence-electron chi connectivity index (χ0n) is 12.2. The molecule has 2 nitrogen and oxygen atoms in total. The molecule has 2 rings (SSSR count). The molecule has 1 aromatic carbocycles. The van der Waals surface area contributed by atoms with Crippen molar-refractivity contribution in [2.45, 2.75) is 45.2 Å². The molecular weight excluding hydrogens is 220 g/mol. The van der Waals surface area contributed by atoms with Crippen molar-refractivity contribution in [1.29, 1.82) is 0 Å². The van der Waals surface area contributed by atoms with Crippen molar-refractivity contribution in [1.82, 2.24) is 10.2 Å². The third-order valence-electron chi connectivity index (χ3n) is 4.29. The molecule has 1 atom stereocenters. The molecular formula is C16H26N2. The Morgan fingerprint density at radius 3 is 2.44 bits per heavy atom. The molecule has 1 aliphatic rings. The molecule has 0 saturated carbocycles. The van der Waals surface area contributed by atoms with E-state index < -0.39 is 0 Å². The first-order valence-corrected chi connectivity index (χ1v) is 7.04. The lowest BCUT2D eigenvalue weighted by molar-refractivity contribution is 0.110. The van der Waals surface area contributed by atoms with Gasteiger partial charge in [-0.05, 0) is 59.3 Å². The lowest BCUT2D eigenvalue weighted by Gasteiger charge is -2.42. The smallest absolute Gasteiger partial charge is 0.0499 e. The van der Waals surface area contributed by atoms with Crippen LogP contribution >= 0.6 is 0 Å². The molecule has 1 aliphatic heterocycles. The summed E-state index contributed by atoms with van der Waals surface area (Å²) in [4.78, 5) is 2.62. The van der Waals surface area contributed by atoms with Crippen molar-refractivity contribution in [2.75, 3.05) is 20.1 Å². The Morgan fingerprint density at radius 2 is 1.89 bits per heavy atom. The van der Waals surface area contributed by atoms with E-state index in [0.717, 1.165) is 0 Å². The number of aryl methyl sites for hydroxylation is 1. The molecule has 0 aromatic heterocycles. The molecule has 1 fully saturated rings. The molecule has 0 radical (unpaired) electrons. The number of hydrogen-bond acceptors (Lipinski definition) is 2. The minimum absolute atomic E-state index is 0.166. The van der Waals surface area contributed by atoms with Gasteiger partial charge in [0.15, 0.2) is 0 Å². The SMILES string of the molecule is CNC(c1cccc(C)c1)C(C)(C)N1CCCC1. The van der Waals surface area contributed by atoms with Crippen LogP contribution in [0, 0.1) is 6.92 Å². The standard InChI is InChI=1S/C16H26N2/c1-13-8-7-9-14(12-13)15(17-4)16(2,3)18-10-5-6-11-18/h7-9,12,15,17H,5-6,10-11H2,1-4H3. The van der Waals surface area contributed by atoms with Crippen molar-refractivity contribution < 1.29 is 0 Å². The Hall–Kier alpha value is -0.860. The van der Waals surface area contributed by atoms with Gasteiger partial charge in [-0.1, -0.05) is 29.8 Å². The highest BCUT2D eigenvalue weighted by molar-refractivity contribution is 5.27. The van der Waals surface area contributed by atoms with E-state index in [9.17, 15) is 0 Å². The van der Waals surface area contributed by atoms with Crippen LogP contribution in [0.4, 0.5) is 0 Å². The van der Waals surface area contributed by atoms with E-state index in [1.54, 1.807) is 0 Å². The molecule has 1 aromatic rings. The van der Waals surface area contributed by atoms with Crippen LogP contribution in [0.15, 0.2) is 24.3 Å². The summed E-state index contributed by atoms with van der Waals surface area (Å²) in [5.74, 6) is 0. The largest absolute Gasteiger partial charge is 0.311 e. The van der Waals surface area contributed by atoms with E-state index in [0.29, 0.717) is 6.04 Å². The topological polar surface area (TPSA) is 15.3 Å². The second-order valence-corrected chi connectivity index (χ2v) is 5.98. The highest BCUT2D eigenvalue weighted by atomic mass is 15.2. The molecule has 0 spiro atoms. The quantitative estimate of drug-likeness (QED) is 0.878. The Kier molecular flexibility index (Phi) is 4.08. The number of nitrogens with one attached hydrogen (secondary N) is 1. The van der Waals surface area contributed by atoms with Crippen LogP contribution in [-0.2, 0) is 0 Å². The first-order valence-electron chi connectivity index (χ1n) is 7.04. The molecule has 0 aliphatic carbocycles. The van der Waals surface area contributed by atoms with Crippen molar-refractivity contribution in [3.8, 4) is 0 Å². The van der Waals surface area contributed by atoms with Crippen LogP contribution in [0.5, 0.6) is 0 Å². The molecule has 18 heavy (non-hydrogen) atoms. The Balaban J connectivity index is 2.26. The van der Waals surface area contributed by atoms with Gasteiger partial charge in [0.2, 0.25) is 0 Å². The maximum Gasteiger partial charge on any atom is 0.0499 e. The molecule has 2 heteroatoms. The average Bonchev–Trinajstić information content (AvgIpc) is 2.83. The van der Waals surface area contributed by atoms with Crippen LogP contribution in [0.25, 0.3) is 0 Å². The number of hydrogen-bond donors (Lipinski definition) is 1. The van der Waals surface area contributed by atoms with E-state index in [1.807, 2.05) is 0 Å². The third-order valence-corrected chi connectivity index (χ3v) is 4.29. The summed E-state index contributed by atoms with van der Waals surface area (Å²) in [6.45, 7) is 9.36. The van der Waals surface area contributed by atoms with E-state index in [-0.39, 0.29) is 5.54 Å². The molecule has 1 unspecified atom stereocenters. The summed E-state index contributed by atoms with van der Waals surface area (Å²) >= 11 is 0. The Labute approximate surface area is 111 Å². The van der Waals surface area contributed by atoms with Gasteiger partial charge in [-0.3, -0.25) is 4.90 Å². The number of rotatable bonds is 4. The van der Waals surface area contributed by atoms with Gasteiger partial charge < -0.3 is 5.32 Å². The maximum absolute atomic E-state index is 3.52. The molecule has 0 amide bonds. The molecule has 1 heterocycles. The van der Waals surface area contributed by atoms with Crippen molar-refractivity contribution in [3.63, 3.8) is 0 Å². The molecule has 0 bridgehead atoms. The van der Waals surface area contributed by atoms with Gasteiger partial charge in [-0.25, -0.2) is 0 Å². The van der Waals surface area contributed by atoms with Gasteiger partial charge >= 0.3 is 0 Å². The van der Waals surface area contributed by atoms with Crippen LogP contribution in [-0.4, -0.2) is 30.6 Å². The van der Waals surface area contributed by atoms with Crippen molar-refractivity contribution in [3.05, 3.63) is 35.4 Å². The number of likely N-dealkylation sites (tertiary alicyclic amines) is 1. The first kappa shape index (κ1) is 13.6. The van der Waals surface area contributed by atoms with Gasteiger partial charge in [0.1, 0.15) is 0 Å². The summed E-state index contributed by atoms with van der Waals surface area (Å²) in [5, 5.41) is 3.52. The van der Waals surface area contributed by atoms with Crippen molar-refractivity contribution in [2.24, 2.45) is 0 Å². The zero-order valence-corrected chi connectivity index (χ0v) is 12.2. The summed E-state index contributed by atoms with van der Waals surface area (Å²) in [5.41, 5.74) is 2.90. The lowest BCUT2D eigenvalue weighted by Crippen LogP contribution is -2.50. The van der Waals surface area contributed by atoms with Crippen LogP contribution in [0.3, 0.4) is 0 Å².